The van der Waals surface area contributed by atoms with Gasteiger partial charge in [-0.15, -0.1) is 0 Å². The van der Waals surface area contributed by atoms with Crippen LogP contribution in [0.15, 0.2) is 23.9 Å². The molecule has 0 aromatic heterocycles. The summed E-state index contributed by atoms with van der Waals surface area (Å²) in [4.78, 5) is 0. The Bertz CT molecular complexity index is 650. The van der Waals surface area contributed by atoms with E-state index in [0.29, 0.717) is 0 Å². The Morgan fingerprint density at radius 1 is 1.08 bits per heavy atom. The molecule has 1 aliphatic rings. The summed E-state index contributed by atoms with van der Waals surface area (Å²) in [5.74, 6) is -1.67. The van der Waals surface area contributed by atoms with E-state index in [4.69, 9.17) is 14.0 Å². The van der Waals surface area contributed by atoms with Crippen molar-refractivity contribution in [1.29, 1.82) is 0 Å². The molecule has 3 nitrogen and oxygen atoms in total. The molecule has 0 aliphatic carbocycles. The van der Waals surface area contributed by atoms with Crippen molar-refractivity contribution in [2.24, 2.45) is 0 Å². The topological polar surface area (TPSA) is 27.7 Å². The summed E-state index contributed by atoms with van der Waals surface area (Å²) in [6, 6.07) is 3.43. The molecule has 1 fully saturated rings. The third-order valence-electron chi connectivity index (χ3n) is 4.82. The molecular formula is C19H26BF3O3. The van der Waals surface area contributed by atoms with E-state index in [9.17, 15) is 8.78 Å². The van der Waals surface area contributed by atoms with Crippen LogP contribution >= 0.6 is 0 Å². The third kappa shape index (κ3) is 4.33. The first kappa shape index (κ1) is 21.0. The normalized spacial score (nSPS) is 19.8. The molecule has 26 heavy (non-hydrogen) atoms. The molecule has 0 spiro atoms. The number of benzene rings is 1. The Kier molecular flexibility index (Phi) is 6.26. The molecule has 0 N–H and O–H groups in total. The lowest BCUT2D eigenvalue weighted by atomic mass is 9.81. The number of rotatable bonds is 6. The van der Waals surface area contributed by atoms with Gasteiger partial charge in [-0.1, -0.05) is 6.07 Å². The second kappa shape index (κ2) is 7.75. The van der Waals surface area contributed by atoms with E-state index >= 15 is 4.39 Å². The third-order valence-corrected chi connectivity index (χ3v) is 4.82. The Morgan fingerprint density at radius 2 is 1.58 bits per heavy atom. The summed E-state index contributed by atoms with van der Waals surface area (Å²) in [7, 11) is -1.33. The van der Waals surface area contributed by atoms with Gasteiger partial charge in [-0.3, -0.25) is 0 Å². The first-order valence-electron chi connectivity index (χ1n) is 8.76. The maximum absolute atomic E-state index is 15.3. The number of halogens is 3. The maximum atomic E-state index is 15.3. The minimum atomic E-state index is -1.33. The fourth-order valence-electron chi connectivity index (χ4n) is 2.64. The fourth-order valence-corrected chi connectivity index (χ4v) is 2.64. The molecule has 0 bridgehead atoms. The van der Waals surface area contributed by atoms with Gasteiger partial charge >= 0.3 is 7.12 Å². The molecule has 0 unspecified atom stereocenters. The second-order valence-corrected chi connectivity index (χ2v) is 7.68. The van der Waals surface area contributed by atoms with Crippen molar-refractivity contribution in [1.82, 2.24) is 0 Å². The van der Waals surface area contributed by atoms with Crippen molar-refractivity contribution >= 4 is 12.7 Å². The highest BCUT2D eigenvalue weighted by atomic mass is 19.1. The van der Waals surface area contributed by atoms with Crippen molar-refractivity contribution in [3.05, 3.63) is 41.1 Å². The summed E-state index contributed by atoms with van der Waals surface area (Å²) in [5, 5.41) is 0. The molecule has 0 amide bonds. The van der Waals surface area contributed by atoms with Crippen LogP contribution in [0.1, 0.15) is 53.5 Å². The average Bonchev–Trinajstić information content (AvgIpc) is 2.72. The van der Waals surface area contributed by atoms with Crippen molar-refractivity contribution in [3.63, 3.8) is 0 Å². The lowest BCUT2D eigenvalue weighted by Crippen LogP contribution is -2.41. The van der Waals surface area contributed by atoms with Crippen LogP contribution in [0.5, 0.6) is 0 Å². The van der Waals surface area contributed by atoms with Crippen LogP contribution in [0.2, 0.25) is 0 Å². The molecule has 144 valence electrons. The molecule has 1 saturated heterocycles. The molecule has 1 aromatic rings. The molecule has 2 rings (SSSR count). The van der Waals surface area contributed by atoms with Gasteiger partial charge in [0.15, 0.2) is 0 Å². The number of hydrogen-bond donors (Lipinski definition) is 0. The second-order valence-electron chi connectivity index (χ2n) is 7.68. The maximum Gasteiger partial charge on any atom is 0.525 e. The molecule has 0 atom stereocenters. The number of ether oxygens (including phenoxy) is 1. The van der Waals surface area contributed by atoms with Gasteiger partial charge in [-0.05, 0) is 65.7 Å². The molecular weight excluding hydrogens is 344 g/mol. The molecule has 0 radical (unpaired) electrons. The number of hydrogen-bond acceptors (Lipinski definition) is 3. The van der Waals surface area contributed by atoms with Crippen LogP contribution in [-0.2, 0) is 14.0 Å². The van der Waals surface area contributed by atoms with Crippen LogP contribution in [0.4, 0.5) is 13.2 Å². The lowest BCUT2D eigenvalue weighted by molar-refractivity contribution is 0.00578. The summed E-state index contributed by atoms with van der Waals surface area (Å²) >= 11 is 0. The summed E-state index contributed by atoms with van der Waals surface area (Å²) < 4.78 is 60.6. The van der Waals surface area contributed by atoms with E-state index in [2.05, 4.69) is 0 Å². The molecule has 7 heteroatoms. The smallest absolute Gasteiger partial charge is 0.398 e. The molecule has 1 aromatic carbocycles. The van der Waals surface area contributed by atoms with Crippen LogP contribution in [-0.4, -0.2) is 31.0 Å². The van der Waals surface area contributed by atoms with E-state index < -0.39 is 41.2 Å². The Morgan fingerprint density at radius 3 is 2.04 bits per heavy atom. The summed E-state index contributed by atoms with van der Waals surface area (Å²) in [5.41, 5.74) is -2.91. The standard InChI is InChI=1S/C19H26BF3O3/c1-12(2)24-11-10-13(16-14(21)8-7-9-15(16)22)17(23)20-25-18(3,4)19(5,6)26-20/h7-9,12H,10-11H2,1-6H3. The van der Waals surface area contributed by atoms with Gasteiger partial charge in [0.1, 0.15) is 17.4 Å². The van der Waals surface area contributed by atoms with Gasteiger partial charge in [0.05, 0.1) is 29.5 Å². The Balaban J connectivity index is 2.44. The van der Waals surface area contributed by atoms with E-state index in [1.165, 1.54) is 6.07 Å². The molecule has 1 aliphatic heterocycles. The van der Waals surface area contributed by atoms with Crippen LogP contribution < -0.4 is 0 Å². The Labute approximate surface area is 153 Å². The van der Waals surface area contributed by atoms with Crippen molar-refractivity contribution in [2.75, 3.05) is 6.61 Å². The van der Waals surface area contributed by atoms with E-state index in [-0.39, 0.29) is 24.7 Å². The van der Waals surface area contributed by atoms with E-state index in [1.807, 2.05) is 13.8 Å². The van der Waals surface area contributed by atoms with Gasteiger partial charge in [-0.25, -0.2) is 13.2 Å². The lowest BCUT2D eigenvalue weighted by Gasteiger charge is -2.32. The van der Waals surface area contributed by atoms with E-state index in [0.717, 1.165) is 12.1 Å². The minimum Gasteiger partial charge on any atom is -0.398 e. The van der Waals surface area contributed by atoms with Crippen LogP contribution in [0.3, 0.4) is 0 Å². The van der Waals surface area contributed by atoms with E-state index in [1.54, 1.807) is 27.7 Å². The Hall–Kier alpha value is -1.31. The van der Waals surface area contributed by atoms with Crippen molar-refractivity contribution in [3.8, 4) is 0 Å². The molecule has 1 heterocycles. The van der Waals surface area contributed by atoms with Crippen molar-refractivity contribution in [2.45, 2.75) is 65.3 Å². The predicted octanol–water partition coefficient (Wildman–Crippen LogP) is 5.09. The van der Waals surface area contributed by atoms with Crippen LogP contribution in [0, 0.1) is 11.6 Å². The first-order valence-corrected chi connectivity index (χ1v) is 8.76. The van der Waals surface area contributed by atoms with Gasteiger partial charge < -0.3 is 14.0 Å². The summed E-state index contributed by atoms with van der Waals surface area (Å²) in [6.07, 6.45) is -0.0898. The zero-order chi connectivity index (χ0) is 19.7. The summed E-state index contributed by atoms with van der Waals surface area (Å²) in [6.45, 7) is 10.9. The average molecular weight is 370 g/mol. The quantitative estimate of drug-likeness (QED) is 0.653. The monoisotopic (exact) mass is 370 g/mol. The zero-order valence-electron chi connectivity index (χ0n) is 16.2. The fraction of sp³-hybridized carbons (Fsp3) is 0.579. The van der Waals surface area contributed by atoms with Gasteiger partial charge in [-0.2, -0.15) is 0 Å². The minimum absolute atomic E-state index is 0.00799. The highest BCUT2D eigenvalue weighted by Gasteiger charge is 2.53. The van der Waals surface area contributed by atoms with Gasteiger partial charge in [0.2, 0.25) is 0 Å². The van der Waals surface area contributed by atoms with Crippen molar-refractivity contribution < 1.29 is 27.2 Å². The van der Waals surface area contributed by atoms with Gasteiger partial charge in [0.25, 0.3) is 0 Å². The van der Waals surface area contributed by atoms with Gasteiger partial charge in [0, 0.05) is 0 Å². The first-order chi connectivity index (χ1) is 12.0. The molecule has 0 saturated carbocycles. The highest BCUT2D eigenvalue weighted by molar-refractivity contribution is 6.55. The predicted molar refractivity (Wildman–Crippen MR) is 96.2 cm³/mol. The SMILES string of the molecule is CC(C)OCCC(=C(F)B1OC(C)(C)C(C)(C)O1)c1c(F)cccc1F. The zero-order valence-corrected chi connectivity index (χ0v) is 16.2. The largest absolute Gasteiger partial charge is 0.525 e. The highest BCUT2D eigenvalue weighted by Crippen LogP contribution is 2.41. The van der Waals surface area contributed by atoms with Crippen LogP contribution in [0.25, 0.3) is 5.57 Å².